The Labute approximate surface area is 251 Å². The van der Waals surface area contributed by atoms with Crippen LogP contribution in [-0.2, 0) is 0 Å². The Balaban J connectivity index is 1.35. The van der Waals surface area contributed by atoms with Gasteiger partial charge in [-0.2, -0.15) is 14.6 Å². The van der Waals surface area contributed by atoms with Crippen LogP contribution in [-0.4, -0.2) is 45.2 Å². The van der Waals surface area contributed by atoms with Crippen molar-refractivity contribution in [1.82, 2.24) is 24.4 Å². The summed E-state index contributed by atoms with van der Waals surface area (Å²) in [5.74, 6) is 2.51. The van der Waals surface area contributed by atoms with E-state index in [9.17, 15) is 4.79 Å². The molecule has 0 saturated heterocycles. The Kier molecular flexibility index (Phi) is 8.01. The SMILES string of the molecule is CCCOc1ccc(/C=C/c2nc3s/c(=C\c4cn(-c5ccccc5)nc4-c4ccc(OC)c(OC)c4)c(=O)n3n2)cc1. The van der Waals surface area contributed by atoms with E-state index in [1.807, 2.05) is 91.1 Å². The lowest BCUT2D eigenvalue weighted by Gasteiger charge is -2.09. The third-order valence-electron chi connectivity index (χ3n) is 6.68. The highest BCUT2D eigenvalue weighted by atomic mass is 32.1. The van der Waals surface area contributed by atoms with Gasteiger partial charge in [-0.25, -0.2) is 4.68 Å². The largest absolute Gasteiger partial charge is 0.494 e. The summed E-state index contributed by atoms with van der Waals surface area (Å²) in [7, 11) is 3.19. The number of rotatable bonds is 10. The second-order valence-corrected chi connectivity index (χ2v) is 10.6. The molecule has 0 fully saturated rings. The fourth-order valence-corrected chi connectivity index (χ4v) is 5.45. The maximum atomic E-state index is 13.4. The topological polar surface area (TPSA) is 92.8 Å². The summed E-state index contributed by atoms with van der Waals surface area (Å²) >= 11 is 1.28. The molecule has 0 atom stereocenters. The third kappa shape index (κ3) is 5.91. The van der Waals surface area contributed by atoms with Crippen molar-refractivity contribution in [2.45, 2.75) is 13.3 Å². The first kappa shape index (κ1) is 27.9. The van der Waals surface area contributed by atoms with E-state index in [0.29, 0.717) is 39.1 Å². The molecule has 3 heterocycles. The molecule has 0 amide bonds. The zero-order valence-corrected chi connectivity index (χ0v) is 24.7. The predicted octanol–water partition coefficient (Wildman–Crippen LogP) is 5.53. The van der Waals surface area contributed by atoms with Gasteiger partial charge in [-0.05, 0) is 66.6 Å². The summed E-state index contributed by atoms with van der Waals surface area (Å²) in [4.78, 5) is 18.5. The molecule has 3 aromatic heterocycles. The average molecular weight is 592 g/mol. The van der Waals surface area contributed by atoms with Crippen LogP contribution in [0.5, 0.6) is 17.2 Å². The molecule has 3 aromatic carbocycles. The molecule has 10 heteroatoms. The molecule has 0 unspecified atom stereocenters. The minimum absolute atomic E-state index is 0.240. The van der Waals surface area contributed by atoms with Crippen LogP contribution >= 0.6 is 11.3 Å². The van der Waals surface area contributed by atoms with Crippen molar-refractivity contribution in [3.63, 3.8) is 0 Å². The van der Waals surface area contributed by atoms with E-state index < -0.39 is 0 Å². The molecule has 0 aliphatic rings. The van der Waals surface area contributed by atoms with E-state index in [0.717, 1.165) is 34.5 Å². The number of para-hydroxylation sites is 1. The minimum atomic E-state index is -0.240. The van der Waals surface area contributed by atoms with Gasteiger partial charge in [0.15, 0.2) is 17.3 Å². The van der Waals surface area contributed by atoms with Gasteiger partial charge in [-0.15, -0.1) is 5.10 Å². The number of thiazole rings is 1. The van der Waals surface area contributed by atoms with Crippen LogP contribution in [0.1, 0.15) is 30.3 Å². The fraction of sp³-hybridized carbons (Fsp3) is 0.152. The standard InChI is InChI=1S/C33H29N5O4S/c1-4-18-42-26-14-10-22(11-15-26)12-17-30-34-33-38(35-30)32(39)29(43-33)20-24-21-37(25-8-6-5-7-9-25)36-31(24)23-13-16-27(40-2)28(19-23)41-3/h5-17,19-21H,4,18H2,1-3H3/b17-12+,29-20-. The van der Waals surface area contributed by atoms with Gasteiger partial charge in [0.2, 0.25) is 4.96 Å². The lowest BCUT2D eigenvalue weighted by atomic mass is 10.1. The van der Waals surface area contributed by atoms with Gasteiger partial charge in [-0.3, -0.25) is 4.79 Å². The Bertz CT molecular complexity index is 2010. The van der Waals surface area contributed by atoms with E-state index in [4.69, 9.17) is 19.3 Å². The monoisotopic (exact) mass is 591 g/mol. The number of hydrogen-bond acceptors (Lipinski definition) is 8. The van der Waals surface area contributed by atoms with Crippen molar-refractivity contribution >= 4 is 34.5 Å². The first-order valence-corrected chi connectivity index (χ1v) is 14.6. The van der Waals surface area contributed by atoms with Crippen LogP contribution in [0.4, 0.5) is 0 Å². The molecular formula is C33H29N5O4S. The molecule has 0 radical (unpaired) electrons. The number of aromatic nitrogens is 5. The van der Waals surface area contributed by atoms with Crippen LogP contribution in [0.2, 0.25) is 0 Å². The molecule has 0 N–H and O–H groups in total. The molecule has 43 heavy (non-hydrogen) atoms. The Morgan fingerprint density at radius 3 is 2.42 bits per heavy atom. The summed E-state index contributed by atoms with van der Waals surface area (Å²) in [6.07, 6.45) is 8.41. The molecule has 0 aliphatic carbocycles. The van der Waals surface area contributed by atoms with E-state index in [2.05, 4.69) is 17.0 Å². The van der Waals surface area contributed by atoms with E-state index in [1.54, 1.807) is 25.0 Å². The maximum Gasteiger partial charge on any atom is 0.291 e. The molecule has 0 aliphatic heterocycles. The van der Waals surface area contributed by atoms with Gasteiger partial charge in [0.1, 0.15) is 11.4 Å². The number of ether oxygens (including phenoxy) is 3. The normalized spacial score (nSPS) is 11.9. The number of nitrogens with zero attached hydrogens (tertiary/aromatic N) is 5. The Hall–Kier alpha value is -5.22. The Morgan fingerprint density at radius 1 is 0.907 bits per heavy atom. The van der Waals surface area contributed by atoms with E-state index >= 15 is 0 Å². The number of fused-ring (bicyclic) bond motifs is 1. The van der Waals surface area contributed by atoms with Gasteiger partial charge in [0.05, 0.1) is 31.0 Å². The molecule has 0 bridgehead atoms. The van der Waals surface area contributed by atoms with Crippen molar-refractivity contribution in [2.75, 3.05) is 20.8 Å². The lowest BCUT2D eigenvalue weighted by molar-refractivity contribution is 0.317. The van der Waals surface area contributed by atoms with Crippen LogP contribution in [0.25, 0.3) is 40.1 Å². The molecule has 6 aromatic rings. The van der Waals surface area contributed by atoms with Gasteiger partial charge in [0, 0.05) is 17.3 Å². The zero-order valence-electron chi connectivity index (χ0n) is 23.9. The first-order chi connectivity index (χ1) is 21.1. The Morgan fingerprint density at radius 2 is 1.70 bits per heavy atom. The van der Waals surface area contributed by atoms with Crippen molar-refractivity contribution in [2.24, 2.45) is 0 Å². The smallest absolute Gasteiger partial charge is 0.291 e. The second kappa shape index (κ2) is 12.3. The highest BCUT2D eigenvalue weighted by molar-refractivity contribution is 7.15. The first-order valence-electron chi connectivity index (χ1n) is 13.8. The highest BCUT2D eigenvalue weighted by Gasteiger charge is 2.16. The number of methoxy groups -OCH3 is 2. The molecule has 216 valence electrons. The summed E-state index contributed by atoms with van der Waals surface area (Å²) < 4.78 is 20.2. The molecule has 9 nitrogen and oxygen atoms in total. The summed E-state index contributed by atoms with van der Waals surface area (Å²) in [5, 5.41) is 9.32. The van der Waals surface area contributed by atoms with Gasteiger partial charge >= 0.3 is 0 Å². The van der Waals surface area contributed by atoms with Crippen molar-refractivity contribution in [1.29, 1.82) is 0 Å². The van der Waals surface area contributed by atoms with Gasteiger partial charge in [0.25, 0.3) is 5.56 Å². The lowest BCUT2D eigenvalue weighted by Crippen LogP contribution is -2.23. The number of benzene rings is 3. The average Bonchev–Trinajstić information content (AvgIpc) is 3.74. The number of hydrogen-bond donors (Lipinski definition) is 0. The van der Waals surface area contributed by atoms with Crippen molar-refractivity contribution in [3.05, 3.63) is 111 Å². The summed E-state index contributed by atoms with van der Waals surface area (Å²) in [5.41, 5.74) is 3.92. The highest BCUT2D eigenvalue weighted by Crippen LogP contribution is 2.33. The molecule has 6 rings (SSSR count). The molecule has 0 spiro atoms. The molecular weight excluding hydrogens is 562 g/mol. The maximum absolute atomic E-state index is 13.4. The quantitative estimate of drug-likeness (QED) is 0.207. The summed E-state index contributed by atoms with van der Waals surface area (Å²) in [6.45, 7) is 2.76. The van der Waals surface area contributed by atoms with Crippen LogP contribution in [0.15, 0.2) is 83.8 Å². The van der Waals surface area contributed by atoms with Gasteiger partial charge in [-0.1, -0.05) is 54.7 Å². The summed E-state index contributed by atoms with van der Waals surface area (Å²) in [6, 6.07) is 23.2. The van der Waals surface area contributed by atoms with E-state index in [1.165, 1.54) is 15.9 Å². The van der Waals surface area contributed by atoms with Gasteiger partial charge < -0.3 is 14.2 Å². The zero-order chi connectivity index (χ0) is 29.8. The predicted molar refractivity (Wildman–Crippen MR) is 169 cm³/mol. The van der Waals surface area contributed by atoms with Crippen molar-refractivity contribution in [3.8, 4) is 34.2 Å². The minimum Gasteiger partial charge on any atom is -0.494 e. The fourth-order valence-electron chi connectivity index (χ4n) is 4.54. The van der Waals surface area contributed by atoms with Crippen molar-refractivity contribution < 1.29 is 14.2 Å². The van der Waals surface area contributed by atoms with Crippen LogP contribution in [0, 0.1) is 0 Å². The van der Waals surface area contributed by atoms with Crippen LogP contribution in [0.3, 0.4) is 0 Å². The second-order valence-electron chi connectivity index (χ2n) is 9.61. The molecule has 0 saturated carbocycles. The third-order valence-corrected chi connectivity index (χ3v) is 7.64. The van der Waals surface area contributed by atoms with Crippen LogP contribution < -0.4 is 24.3 Å². The van der Waals surface area contributed by atoms with E-state index in [-0.39, 0.29) is 5.56 Å².